The molecule has 7 heteroatoms. The number of hydrogen-bond donors (Lipinski definition) is 1. The van der Waals surface area contributed by atoms with Gasteiger partial charge in [-0.05, 0) is 103 Å². The number of benzene rings is 1. The molecule has 0 spiro atoms. The standard InChI is InChI=1S/C29H40N4O3/c1-5-33-24(18-22-11-10-21(19-30)17-25(22)33)12-14-29(13-6-7-15-31-29)27(35)32-16-8-9-23(20-32)26(34)36-28(2,3)4/h10-11,17-18,23,31H,5-9,12-16,20H2,1-4H3/t23?,29-/m1/s1. The molecule has 7 nitrogen and oxygen atoms in total. The average Bonchev–Trinajstić information content (AvgIpc) is 3.23. The molecule has 36 heavy (non-hydrogen) atoms. The molecular weight excluding hydrogens is 452 g/mol. The molecule has 2 aromatic rings. The van der Waals surface area contributed by atoms with Crippen molar-refractivity contribution < 1.29 is 14.3 Å². The minimum atomic E-state index is -0.610. The van der Waals surface area contributed by atoms with Crippen LogP contribution < -0.4 is 5.32 Å². The second-order valence-corrected chi connectivity index (χ2v) is 11.4. The van der Waals surface area contributed by atoms with E-state index in [1.807, 2.05) is 43.9 Å². The van der Waals surface area contributed by atoms with Crippen LogP contribution in [0.15, 0.2) is 24.3 Å². The highest BCUT2D eigenvalue weighted by Gasteiger charge is 2.43. The summed E-state index contributed by atoms with van der Waals surface area (Å²) in [7, 11) is 0. The van der Waals surface area contributed by atoms with Gasteiger partial charge in [-0.1, -0.05) is 6.07 Å². The summed E-state index contributed by atoms with van der Waals surface area (Å²) in [6, 6.07) is 10.3. The molecule has 194 valence electrons. The van der Waals surface area contributed by atoms with Gasteiger partial charge in [-0.25, -0.2) is 0 Å². The lowest BCUT2D eigenvalue weighted by Gasteiger charge is -2.43. The molecule has 2 aliphatic rings. The Hall–Kier alpha value is -2.85. The van der Waals surface area contributed by atoms with Crippen molar-refractivity contribution in [2.45, 2.75) is 90.3 Å². The Morgan fingerprint density at radius 2 is 2.03 bits per heavy atom. The zero-order chi connectivity index (χ0) is 25.9. The first-order chi connectivity index (χ1) is 17.2. The van der Waals surface area contributed by atoms with Crippen molar-refractivity contribution in [2.24, 2.45) is 5.92 Å². The fourth-order valence-electron chi connectivity index (χ4n) is 5.82. The first-order valence-corrected chi connectivity index (χ1v) is 13.5. The Balaban J connectivity index is 1.53. The van der Waals surface area contributed by atoms with E-state index in [0.717, 1.165) is 62.5 Å². The summed E-state index contributed by atoms with van der Waals surface area (Å²) in [6.45, 7) is 10.5. The number of aromatic nitrogens is 1. The summed E-state index contributed by atoms with van der Waals surface area (Å²) in [5.74, 6) is -0.337. The van der Waals surface area contributed by atoms with Gasteiger partial charge in [0.25, 0.3) is 0 Å². The van der Waals surface area contributed by atoms with Crippen LogP contribution in [0.25, 0.3) is 10.9 Å². The maximum Gasteiger partial charge on any atom is 0.311 e. The minimum absolute atomic E-state index is 0.126. The van der Waals surface area contributed by atoms with Gasteiger partial charge < -0.3 is 19.5 Å². The second-order valence-electron chi connectivity index (χ2n) is 11.4. The molecule has 1 N–H and O–H groups in total. The number of likely N-dealkylation sites (tertiary alicyclic amines) is 1. The summed E-state index contributed by atoms with van der Waals surface area (Å²) < 4.78 is 7.90. The lowest BCUT2D eigenvalue weighted by Crippen LogP contribution is -2.61. The van der Waals surface area contributed by atoms with Gasteiger partial charge >= 0.3 is 5.97 Å². The van der Waals surface area contributed by atoms with Crippen molar-refractivity contribution >= 4 is 22.8 Å². The van der Waals surface area contributed by atoms with E-state index in [1.54, 1.807) is 0 Å². The lowest BCUT2D eigenvalue weighted by atomic mass is 9.82. The molecule has 2 saturated heterocycles. The molecular formula is C29H40N4O3. The number of carbonyl (C=O) groups excluding carboxylic acids is 2. The molecule has 4 rings (SSSR count). The van der Waals surface area contributed by atoms with Crippen LogP contribution in [-0.2, 0) is 27.3 Å². The number of nitrogens with one attached hydrogen (secondary N) is 1. The van der Waals surface area contributed by atoms with Crippen LogP contribution in [0.5, 0.6) is 0 Å². The van der Waals surface area contributed by atoms with Crippen LogP contribution >= 0.6 is 0 Å². The van der Waals surface area contributed by atoms with Gasteiger partial charge in [-0.3, -0.25) is 9.59 Å². The van der Waals surface area contributed by atoms with Crippen LogP contribution in [-0.4, -0.2) is 52.1 Å². The molecule has 2 fully saturated rings. The summed E-state index contributed by atoms with van der Waals surface area (Å²) in [4.78, 5) is 28.7. The van der Waals surface area contributed by atoms with E-state index in [2.05, 4.69) is 28.9 Å². The number of aryl methyl sites for hydroxylation is 2. The number of rotatable bonds is 6. The number of ether oxygens (including phenoxy) is 1. The second kappa shape index (κ2) is 10.6. The maximum atomic E-state index is 14.0. The molecule has 1 unspecified atom stereocenters. The molecule has 3 heterocycles. The number of nitriles is 1. The lowest BCUT2D eigenvalue weighted by molar-refractivity contribution is -0.163. The minimum Gasteiger partial charge on any atom is -0.460 e. The van der Waals surface area contributed by atoms with E-state index in [4.69, 9.17) is 4.74 Å². The predicted molar refractivity (Wildman–Crippen MR) is 140 cm³/mol. The Labute approximate surface area is 214 Å². The smallest absolute Gasteiger partial charge is 0.311 e. The molecule has 0 bridgehead atoms. The first kappa shape index (κ1) is 26.2. The third-order valence-electron chi connectivity index (χ3n) is 7.60. The third kappa shape index (κ3) is 5.59. The summed E-state index contributed by atoms with van der Waals surface area (Å²) >= 11 is 0. The number of carbonyl (C=O) groups is 2. The Bertz CT molecular complexity index is 1150. The summed E-state index contributed by atoms with van der Waals surface area (Å²) in [5, 5.41) is 14.1. The average molecular weight is 493 g/mol. The van der Waals surface area contributed by atoms with Gasteiger partial charge in [0.2, 0.25) is 5.91 Å². The van der Waals surface area contributed by atoms with Crippen molar-refractivity contribution in [3.8, 4) is 6.07 Å². The number of piperidine rings is 2. The number of esters is 1. The van der Waals surface area contributed by atoms with Crippen LogP contribution in [0.4, 0.5) is 0 Å². The fourth-order valence-corrected chi connectivity index (χ4v) is 5.82. The predicted octanol–water partition coefficient (Wildman–Crippen LogP) is 4.56. The highest BCUT2D eigenvalue weighted by Crippen LogP contribution is 2.31. The van der Waals surface area contributed by atoms with E-state index in [1.165, 1.54) is 5.69 Å². The van der Waals surface area contributed by atoms with Crippen LogP contribution in [0.2, 0.25) is 0 Å². The number of nitrogens with zero attached hydrogens (tertiary/aromatic N) is 3. The van der Waals surface area contributed by atoms with Crippen LogP contribution in [0.1, 0.15) is 77.5 Å². The quantitative estimate of drug-likeness (QED) is 0.598. The molecule has 0 radical (unpaired) electrons. The van der Waals surface area contributed by atoms with Crippen molar-refractivity contribution in [1.82, 2.24) is 14.8 Å². The van der Waals surface area contributed by atoms with Crippen LogP contribution in [0, 0.1) is 17.2 Å². The maximum absolute atomic E-state index is 14.0. The van der Waals surface area contributed by atoms with Gasteiger partial charge in [-0.15, -0.1) is 0 Å². The van der Waals surface area contributed by atoms with Gasteiger partial charge in [0.05, 0.1) is 23.1 Å². The van der Waals surface area contributed by atoms with E-state index in [0.29, 0.717) is 25.1 Å². The molecule has 2 aliphatic heterocycles. The van der Waals surface area contributed by atoms with Gasteiger partial charge in [-0.2, -0.15) is 5.26 Å². The van der Waals surface area contributed by atoms with E-state index >= 15 is 0 Å². The van der Waals surface area contributed by atoms with Crippen molar-refractivity contribution in [1.29, 1.82) is 5.26 Å². The van der Waals surface area contributed by atoms with Gasteiger partial charge in [0.1, 0.15) is 5.60 Å². The molecule has 1 aromatic heterocycles. The summed E-state index contributed by atoms with van der Waals surface area (Å²) in [6.07, 6.45) is 5.96. The van der Waals surface area contributed by atoms with E-state index in [9.17, 15) is 14.9 Å². The van der Waals surface area contributed by atoms with Gasteiger partial charge in [0, 0.05) is 30.8 Å². The van der Waals surface area contributed by atoms with Crippen molar-refractivity contribution in [2.75, 3.05) is 19.6 Å². The van der Waals surface area contributed by atoms with Crippen molar-refractivity contribution in [3.63, 3.8) is 0 Å². The van der Waals surface area contributed by atoms with Gasteiger partial charge in [0.15, 0.2) is 0 Å². The van der Waals surface area contributed by atoms with Crippen molar-refractivity contribution in [3.05, 3.63) is 35.5 Å². The zero-order valence-electron chi connectivity index (χ0n) is 22.2. The highest BCUT2D eigenvalue weighted by molar-refractivity contribution is 5.87. The fraction of sp³-hybridized carbons (Fsp3) is 0.621. The Morgan fingerprint density at radius 1 is 1.22 bits per heavy atom. The molecule has 0 aliphatic carbocycles. The summed E-state index contributed by atoms with van der Waals surface area (Å²) in [5.41, 5.74) is 1.78. The van der Waals surface area contributed by atoms with E-state index in [-0.39, 0.29) is 17.8 Å². The molecule has 2 atom stereocenters. The van der Waals surface area contributed by atoms with E-state index < -0.39 is 11.1 Å². The highest BCUT2D eigenvalue weighted by atomic mass is 16.6. The zero-order valence-corrected chi connectivity index (χ0v) is 22.2. The topological polar surface area (TPSA) is 87.4 Å². The largest absolute Gasteiger partial charge is 0.460 e. The Kier molecular flexibility index (Phi) is 7.75. The normalized spacial score (nSPS) is 22.9. The number of amides is 1. The van der Waals surface area contributed by atoms with Crippen LogP contribution in [0.3, 0.4) is 0 Å². The molecule has 0 saturated carbocycles. The molecule has 1 aromatic carbocycles. The third-order valence-corrected chi connectivity index (χ3v) is 7.60. The Morgan fingerprint density at radius 3 is 2.69 bits per heavy atom. The monoisotopic (exact) mass is 492 g/mol. The first-order valence-electron chi connectivity index (χ1n) is 13.5. The molecule has 1 amide bonds. The number of fused-ring (bicyclic) bond motifs is 1. The SMILES string of the molecule is CCn1c(CC[C@@]2(C(=O)N3CCCC(C(=O)OC(C)(C)C)C3)CCCCN2)cc2ccc(C#N)cc21. The number of hydrogen-bond acceptors (Lipinski definition) is 5.